The molecule has 0 bridgehead atoms. The van der Waals surface area contributed by atoms with Gasteiger partial charge in [-0.1, -0.05) is 0 Å². The molecular formula is C13H14F4N4. The van der Waals surface area contributed by atoms with Crippen LogP contribution in [0.1, 0.15) is 31.3 Å². The maximum Gasteiger partial charge on any atom is 0.419 e. The molecule has 1 heterocycles. The highest BCUT2D eigenvalue weighted by Crippen LogP contribution is 2.34. The molecule has 0 fully saturated rings. The van der Waals surface area contributed by atoms with Crippen LogP contribution in [-0.2, 0) is 12.7 Å². The van der Waals surface area contributed by atoms with Gasteiger partial charge in [-0.15, -0.1) is 10.2 Å². The molecular weight excluding hydrogens is 288 g/mol. The summed E-state index contributed by atoms with van der Waals surface area (Å²) in [4.78, 5) is 0. The number of aromatic nitrogens is 3. The predicted octanol–water partition coefficient (Wildman–Crippen LogP) is 3.14. The van der Waals surface area contributed by atoms with Gasteiger partial charge >= 0.3 is 6.18 Å². The molecule has 0 atom stereocenters. The Morgan fingerprint density at radius 2 is 1.90 bits per heavy atom. The Kier molecular flexibility index (Phi) is 3.99. The van der Waals surface area contributed by atoms with E-state index in [1.165, 1.54) is 6.07 Å². The molecule has 2 aromatic rings. The molecule has 0 radical (unpaired) electrons. The van der Waals surface area contributed by atoms with Crippen molar-refractivity contribution in [2.24, 2.45) is 5.73 Å². The smallest absolute Gasteiger partial charge is 0.324 e. The van der Waals surface area contributed by atoms with Crippen LogP contribution in [0.4, 0.5) is 17.6 Å². The van der Waals surface area contributed by atoms with Gasteiger partial charge < -0.3 is 10.3 Å². The fraction of sp³-hybridized carbons (Fsp3) is 0.385. The zero-order valence-electron chi connectivity index (χ0n) is 11.4. The first-order chi connectivity index (χ1) is 9.75. The minimum absolute atomic E-state index is 0.0899. The number of rotatable bonds is 3. The van der Waals surface area contributed by atoms with E-state index in [9.17, 15) is 17.6 Å². The summed E-state index contributed by atoms with van der Waals surface area (Å²) in [5.74, 6) is -0.630. The number of nitrogens with zero attached hydrogens (tertiary/aromatic N) is 3. The molecule has 0 saturated carbocycles. The van der Waals surface area contributed by atoms with Gasteiger partial charge in [0, 0.05) is 11.6 Å². The van der Waals surface area contributed by atoms with E-state index in [4.69, 9.17) is 5.73 Å². The number of halogens is 4. The van der Waals surface area contributed by atoms with Crippen LogP contribution in [0.5, 0.6) is 0 Å². The number of nitrogens with two attached hydrogens (primary N) is 1. The highest BCUT2D eigenvalue weighted by Gasteiger charge is 2.34. The van der Waals surface area contributed by atoms with Gasteiger partial charge in [-0.2, -0.15) is 13.2 Å². The minimum atomic E-state index is -4.76. The van der Waals surface area contributed by atoms with Gasteiger partial charge in [0.15, 0.2) is 5.82 Å². The van der Waals surface area contributed by atoms with Gasteiger partial charge in [-0.3, -0.25) is 0 Å². The first-order valence-corrected chi connectivity index (χ1v) is 6.26. The molecule has 0 saturated heterocycles. The SMILES string of the molecule is CC(C)n1c(CN)nnc1-c1ccc(F)c(C(F)(F)F)c1. The second-order valence-electron chi connectivity index (χ2n) is 4.80. The molecule has 2 N–H and O–H groups in total. The topological polar surface area (TPSA) is 56.7 Å². The monoisotopic (exact) mass is 302 g/mol. The lowest BCUT2D eigenvalue weighted by Crippen LogP contribution is -2.12. The van der Waals surface area contributed by atoms with E-state index in [-0.39, 0.29) is 24.0 Å². The third kappa shape index (κ3) is 2.90. The lowest BCUT2D eigenvalue weighted by molar-refractivity contribution is -0.139. The number of alkyl halides is 3. The summed E-state index contributed by atoms with van der Waals surface area (Å²) in [6.07, 6.45) is -4.76. The standard InChI is InChI=1S/C13H14F4N4/c1-7(2)21-11(6-18)19-20-12(21)8-3-4-10(14)9(5-8)13(15,16)17/h3-5,7H,6,18H2,1-2H3. The summed E-state index contributed by atoms with van der Waals surface area (Å²) in [7, 11) is 0. The Hall–Kier alpha value is -1.96. The van der Waals surface area contributed by atoms with Crippen molar-refractivity contribution in [2.45, 2.75) is 32.6 Å². The van der Waals surface area contributed by atoms with Crippen molar-refractivity contribution >= 4 is 0 Å². The largest absolute Gasteiger partial charge is 0.419 e. The van der Waals surface area contributed by atoms with E-state index in [1.54, 1.807) is 4.57 Å². The molecule has 1 aromatic carbocycles. The first-order valence-electron chi connectivity index (χ1n) is 6.26. The Morgan fingerprint density at radius 3 is 2.43 bits per heavy atom. The molecule has 21 heavy (non-hydrogen) atoms. The average Bonchev–Trinajstić information content (AvgIpc) is 2.81. The van der Waals surface area contributed by atoms with Crippen molar-refractivity contribution in [2.75, 3.05) is 0 Å². The van der Waals surface area contributed by atoms with Crippen LogP contribution < -0.4 is 5.73 Å². The molecule has 0 amide bonds. The van der Waals surface area contributed by atoms with Gasteiger partial charge in [0.1, 0.15) is 11.6 Å². The van der Waals surface area contributed by atoms with E-state index in [0.29, 0.717) is 5.82 Å². The summed E-state index contributed by atoms with van der Waals surface area (Å²) < 4.78 is 53.3. The van der Waals surface area contributed by atoms with E-state index >= 15 is 0 Å². The third-order valence-corrected chi connectivity index (χ3v) is 3.00. The van der Waals surface area contributed by atoms with Crippen molar-refractivity contribution in [3.05, 3.63) is 35.4 Å². The summed E-state index contributed by atoms with van der Waals surface area (Å²) in [5, 5.41) is 7.73. The summed E-state index contributed by atoms with van der Waals surface area (Å²) in [6, 6.07) is 2.67. The van der Waals surface area contributed by atoms with E-state index < -0.39 is 17.6 Å². The van der Waals surface area contributed by atoms with Crippen LogP contribution in [0, 0.1) is 5.82 Å². The fourth-order valence-electron chi connectivity index (χ4n) is 2.08. The predicted molar refractivity (Wildman–Crippen MR) is 68.7 cm³/mol. The molecule has 4 nitrogen and oxygen atoms in total. The van der Waals surface area contributed by atoms with Crippen molar-refractivity contribution < 1.29 is 17.6 Å². The van der Waals surface area contributed by atoms with Crippen LogP contribution in [0.3, 0.4) is 0 Å². The van der Waals surface area contributed by atoms with Gasteiger partial charge in [0.25, 0.3) is 0 Å². The van der Waals surface area contributed by atoms with Crippen molar-refractivity contribution in [3.63, 3.8) is 0 Å². The molecule has 0 spiro atoms. The van der Waals surface area contributed by atoms with Crippen molar-refractivity contribution in [3.8, 4) is 11.4 Å². The molecule has 2 rings (SSSR count). The van der Waals surface area contributed by atoms with Crippen molar-refractivity contribution in [1.82, 2.24) is 14.8 Å². The van der Waals surface area contributed by atoms with Crippen LogP contribution in [0.2, 0.25) is 0 Å². The fourth-order valence-corrected chi connectivity index (χ4v) is 2.08. The second kappa shape index (κ2) is 5.44. The molecule has 1 aromatic heterocycles. The molecule has 0 aliphatic carbocycles. The maximum atomic E-state index is 13.3. The molecule has 0 aliphatic rings. The zero-order chi connectivity index (χ0) is 15.8. The van der Waals surface area contributed by atoms with Gasteiger partial charge in [-0.25, -0.2) is 4.39 Å². The normalized spacial score (nSPS) is 12.2. The van der Waals surface area contributed by atoms with Gasteiger partial charge in [0.2, 0.25) is 0 Å². The van der Waals surface area contributed by atoms with Crippen LogP contribution in [-0.4, -0.2) is 14.8 Å². The maximum absolute atomic E-state index is 13.3. The average molecular weight is 302 g/mol. The highest BCUT2D eigenvalue weighted by molar-refractivity contribution is 5.57. The molecule has 0 unspecified atom stereocenters. The first kappa shape index (κ1) is 15.4. The summed E-state index contributed by atoms with van der Waals surface area (Å²) in [5.41, 5.74) is 4.36. The molecule has 0 aliphatic heterocycles. The number of hydrogen-bond donors (Lipinski definition) is 1. The minimum Gasteiger partial charge on any atom is -0.324 e. The summed E-state index contributed by atoms with van der Waals surface area (Å²) >= 11 is 0. The summed E-state index contributed by atoms with van der Waals surface area (Å²) in [6.45, 7) is 3.78. The Bertz CT molecular complexity index is 646. The van der Waals surface area contributed by atoms with Gasteiger partial charge in [-0.05, 0) is 32.0 Å². The second-order valence-corrected chi connectivity index (χ2v) is 4.80. The zero-order valence-corrected chi connectivity index (χ0v) is 11.4. The number of benzene rings is 1. The molecule has 114 valence electrons. The Balaban J connectivity index is 2.61. The van der Waals surface area contributed by atoms with Gasteiger partial charge in [0.05, 0.1) is 12.1 Å². The molecule has 8 heteroatoms. The van der Waals surface area contributed by atoms with Crippen LogP contribution >= 0.6 is 0 Å². The Labute approximate surface area is 118 Å². The van der Waals surface area contributed by atoms with E-state index in [2.05, 4.69) is 10.2 Å². The Morgan fingerprint density at radius 1 is 1.24 bits per heavy atom. The lowest BCUT2D eigenvalue weighted by Gasteiger charge is -2.14. The van der Waals surface area contributed by atoms with Crippen LogP contribution in [0.25, 0.3) is 11.4 Å². The lowest BCUT2D eigenvalue weighted by atomic mass is 10.1. The van der Waals surface area contributed by atoms with Crippen LogP contribution in [0.15, 0.2) is 18.2 Å². The van der Waals surface area contributed by atoms with Crippen molar-refractivity contribution in [1.29, 1.82) is 0 Å². The highest BCUT2D eigenvalue weighted by atomic mass is 19.4. The van der Waals surface area contributed by atoms with E-state index in [0.717, 1.165) is 12.1 Å². The van der Waals surface area contributed by atoms with E-state index in [1.807, 2.05) is 13.8 Å². The third-order valence-electron chi connectivity index (χ3n) is 3.00. The number of hydrogen-bond acceptors (Lipinski definition) is 3. The quantitative estimate of drug-likeness (QED) is 0.886.